The van der Waals surface area contributed by atoms with Crippen molar-refractivity contribution in [2.45, 2.75) is 31.8 Å². The van der Waals surface area contributed by atoms with Gasteiger partial charge >= 0.3 is 0 Å². The third-order valence-electron chi connectivity index (χ3n) is 3.25. The summed E-state index contributed by atoms with van der Waals surface area (Å²) in [6.07, 6.45) is 3.08. The van der Waals surface area contributed by atoms with Crippen LogP contribution in [0.4, 0.5) is 0 Å². The smallest absolute Gasteiger partial charge is 0.115 e. The quantitative estimate of drug-likeness (QED) is 0.872. The first-order chi connectivity index (χ1) is 8.70. The Labute approximate surface area is 110 Å². The maximum absolute atomic E-state index is 9.64. The van der Waals surface area contributed by atoms with Crippen LogP contribution < -0.4 is 0 Å². The zero-order chi connectivity index (χ0) is 12.5. The normalized spacial score (nSPS) is 18.6. The van der Waals surface area contributed by atoms with Crippen LogP contribution in [0.3, 0.4) is 0 Å². The summed E-state index contributed by atoms with van der Waals surface area (Å²) in [4.78, 5) is 5.89. The van der Waals surface area contributed by atoms with Crippen molar-refractivity contribution in [3.05, 3.63) is 45.4 Å². The number of aryl methyl sites for hydroxylation is 1. The third-order valence-corrected chi connectivity index (χ3v) is 4.37. The van der Waals surface area contributed by atoms with Crippen LogP contribution in [-0.4, -0.2) is 21.3 Å². The van der Waals surface area contributed by atoms with E-state index in [2.05, 4.69) is 4.98 Å². The Morgan fingerprint density at radius 3 is 2.83 bits per heavy atom. The summed E-state index contributed by atoms with van der Waals surface area (Å²) < 4.78 is 0. The second kappa shape index (κ2) is 4.71. The number of hydrogen-bond donors (Lipinski definition) is 2. The van der Waals surface area contributed by atoms with Gasteiger partial charge in [0.1, 0.15) is 5.75 Å². The lowest BCUT2D eigenvalue weighted by atomic mass is 10.0. The Hall–Kier alpha value is -1.39. The number of benzene rings is 1. The van der Waals surface area contributed by atoms with E-state index in [-0.39, 0.29) is 6.10 Å². The third kappa shape index (κ3) is 2.40. The SMILES string of the molecule is Oc1ccc(Cc2nc3c(s2)CC(O)CC3)cc1. The Morgan fingerprint density at radius 2 is 2.06 bits per heavy atom. The molecule has 1 aliphatic rings. The molecule has 3 rings (SSSR count). The average molecular weight is 261 g/mol. The van der Waals surface area contributed by atoms with E-state index in [9.17, 15) is 10.2 Å². The molecule has 1 aromatic heterocycles. The largest absolute Gasteiger partial charge is 0.508 e. The Bertz CT molecular complexity index is 547. The van der Waals surface area contributed by atoms with Crippen molar-refractivity contribution in [3.63, 3.8) is 0 Å². The molecule has 3 nitrogen and oxygen atoms in total. The fraction of sp³-hybridized carbons (Fsp3) is 0.357. The summed E-state index contributed by atoms with van der Waals surface area (Å²) >= 11 is 1.70. The molecule has 1 heterocycles. The minimum Gasteiger partial charge on any atom is -0.508 e. The first kappa shape index (κ1) is 11.7. The molecule has 0 radical (unpaired) electrons. The molecule has 0 fully saturated rings. The molecule has 0 spiro atoms. The van der Waals surface area contributed by atoms with Crippen molar-refractivity contribution in [1.82, 2.24) is 4.98 Å². The van der Waals surface area contributed by atoms with Crippen molar-refractivity contribution < 1.29 is 10.2 Å². The molecule has 1 aromatic carbocycles. The van der Waals surface area contributed by atoms with Gasteiger partial charge in [-0.1, -0.05) is 12.1 Å². The van der Waals surface area contributed by atoms with E-state index in [1.54, 1.807) is 23.5 Å². The molecule has 0 bridgehead atoms. The van der Waals surface area contributed by atoms with Crippen LogP contribution in [0.5, 0.6) is 5.75 Å². The van der Waals surface area contributed by atoms with Crippen molar-refractivity contribution >= 4 is 11.3 Å². The van der Waals surface area contributed by atoms with Gasteiger partial charge in [-0.25, -0.2) is 4.98 Å². The van der Waals surface area contributed by atoms with Gasteiger partial charge in [-0.15, -0.1) is 11.3 Å². The Kier molecular flexibility index (Phi) is 3.06. The van der Waals surface area contributed by atoms with Crippen LogP contribution in [-0.2, 0) is 19.3 Å². The number of hydrogen-bond acceptors (Lipinski definition) is 4. The van der Waals surface area contributed by atoms with Crippen LogP contribution in [0.2, 0.25) is 0 Å². The summed E-state index contributed by atoms with van der Waals surface area (Å²) in [5.74, 6) is 0.292. The van der Waals surface area contributed by atoms with E-state index < -0.39 is 0 Å². The number of thiazole rings is 1. The molecule has 18 heavy (non-hydrogen) atoms. The molecule has 1 aliphatic carbocycles. The zero-order valence-corrected chi connectivity index (χ0v) is 10.8. The second-order valence-electron chi connectivity index (χ2n) is 4.72. The maximum atomic E-state index is 9.64. The molecule has 0 saturated heterocycles. The highest BCUT2D eigenvalue weighted by molar-refractivity contribution is 7.11. The van der Waals surface area contributed by atoms with E-state index in [0.717, 1.165) is 36.3 Å². The van der Waals surface area contributed by atoms with E-state index in [1.165, 1.54) is 10.6 Å². The second-order valence-corrected chi connectivity index (χ2v) is 5.89. The fourth-order valence-corrected chi connectivity index (χ4v) is 3.50. The topological polar surface area (TPSA) is 53.4 Å². The number of fused-ring (bicyclic) bond motifs is 1. The number of rotatable bonds is 2. The van der Waals surface area contributed by atoms with E-state index in [0.29, 0.717) is 5.75 Å². The Morgan fingerprint density at radius 1 is 1.28 bits per heavy atom. The van der Waals surface area contributed by atoms with E-state index in [1.807, 2.05) is 12.1 Å². The number of phenols is 1. The van der Waals surface area contributed by atoms with Gasteiger partial charge in [-0.3, -0.25) is 0 Å². The van der Waals surface area contributed by atoms with Crippen molar-refractivity contribution in [2.75, 3.05) is 0 Å². The molecule has 0 saturated carbocycles. The molecule has 1 atom stereocenters. The summed E-state index contributed by atoms with van der Waals surface area (Å²) in [5, 5.41) is 20.0. The molecular weight excluding hydrogens is 246 g/mol. The molecule has 94 valence electrons. The summed E-state index contributed by atoms with van der Waals surface area (Å²) in [6, 6.07) is 7.24. The van der Waals surface area contributed by atoms with Gasteiger partial charge in [0.15, 0.2) is 0 Å². The summed E-state index contributed by atoms with van der Waals surface area (Å²) in [5.41, 5.74) is 2.32. The van der Waals surface area contributed by atoms with Gasteiger partial charge in [-0.05, 0) is 30.5 Å². The van der Waals surface area contributed by atoms with Gasteiger partial charge < -0.3 is 10.2 Å². The number of aliphatic hydroxyl groups is 1. The molecule has 0 amide bonds. The summed E-state index contributed by atoms with van der Waals surface area (Å²) in [7, 11) is 0. The zero-order valence-electron chi connectivity index (χ0n) is 9.97. The fourth-order valence-electron chi connectivity index (χ4n) is 2.28. The minimum atomic E-state index is -0.195. The highest BCUT2D eigenvalue weighted by Gasteiger charge is 2.20. The lowest BCUT2D eigenvalue weighted by Crippen LogP contribution is -2.17. The van der Waals surface area contributed by atoms with E-state index >= 15 is 0 Å². The van der Waals surface area contributed by atoms with Crippen LogP contribution in [0, 0.1) is 0 Å². The van der Waals surface area contributed by atoms with Crippen molar-refractivity contribution in [3.8, 4) is 5.75 Å². The van der Waals surface area contributed by atoms with Crippen LogP contribution in [0.15, 0.2) is 24.3 Å². The van der Waals surface area contributed by atoms with Gasteiger partial charge in [0.25, 0.3) is 0 Å². The number of aliphatic hydroxyl groups excluding tert-OH is 1. The van der Waals surface area contributed by atoms with Crippen LogP contribution in [0.1, 0.15) is 27.6 Å². The number of nitrogens with zero attached hydrogens (tertiary/aromatic N) is 1. The van der Waals surface area contributed by atoms with Gasteiger partial charge in [-0.2, -0.15) is 0 Å². The predicted octanol–water partition coefficient (Wildman–Crippen LogP) is 2.29. The first-order valence-electron chi connectivity index (χ1n) is 6.14. The average Bonchev–Trinajstić information content (AvgIpc) is 2.73. The highest BCUT2D eigenvalue weighted by atomic mass is 32.1. The van der Waals surface area contributed by atoms with Gasteiger partial charge in [0, 0.05) is 17.7 Å². The highest BCUT2D eigenvalue weighted by Crippen LogP contribution is 2.28. The Balaban J connectivity index is 1.79. The first-order valence-corrected chi connectivity index (χ1v) is 6.96. The standard InChI is InChI=1S/C14H15NO2S/c16-10-3-1-9(2-4-10)7-14-15-12-6-5-11(17)8-13(12)18-14/h1-4,11,16-17H,5-8H2. The molecule has 2 N–H and O–H groups in total. The summed E-state index contributed by atoms with van der Waals surface area (Å²) in [6.45, 7) is 0. The van der Waals surface area contributed by atoms with E-state index in [4.69, 9.17) is 0 Å². The molecule has 4 heteroatoms. The maximum Gasteiger partial charge on any atom is 0.115 e. The van der Waals surface area contributed by atoms with Crippen LogP contribution >= 0.6 is 11.3 Å². The molecule has 0 aliphatic heterocycles. The molecular formula is C14H15NO2S. The predicted molar refractivity (Wildman–Crippen MR) is 71.1 cm³/mol. The van der Waals surface area contributed by atoms with Crippen molar-refractivity contribution in [1.29, 1.82) is 0 Å². The lowest BCUT2D eigenvalue weighted by molar-refractivity contribution is 0.159. The van der Waals surface area contributed by atoms with Gasteiger partial charge in [0.2, 0.25) is 0 Å². The lowest BCUT2D eigenvalue weighted by Gasteiger charge is -2.14. The molecule has 2 aromatic rings. The van der Waals surface area contributed by atoms with Crippen LogP contribution in [0.25, 0.3) is 0 Å². The minimum absolute atomic E-state index is 0.195. The van der Waals surface area contributed by atoms with Gasteiger partial charge in [0.05, 0.1) is 16.8 Å². The number of aromatic nitrogens is 1. The monoisotopic (exact) mass is 261 g/mol. The number of phenolic OH excluding ortho intramolecular Hbond substituents is 1. The van der Waals surface area contributed by atoms with Crippen molar-refractivity contribution in [2.24, 2.45) is 0 Å². The number of aromatic hydroxyl groups is 1. The molecule has 1 unspecified atom stereocenters.